The molecule has 3 heterocycles. The van der Waals surface area contributed by atoms with Crippen LogP contribution in [0.25, 0.3) is 5.69 Å². The van der Waals surface area contributed by atoms with E-state index >= 15 is 0 Å². The van der Waals surface area contributed by atoms with Gasteiger partial charge in [-0.05, 0) is 18.2 Å². The van der Waals surface area contributed by atoms with Crippen LogP contribution in [0.5, 0.6) is 11.6 Å². The third-order valence-corrected chi connectivity index (χ3v) is 4.99. The molecule has 0 aliphatic carbocycles. The van der Waals surface area contributed by atoms with Gasteiger partial charge in [0.05, 0.1) is 21.4 Å². The molecule has 0 atom stereocenters. The van der Waals surface area contributed by atoms with E-state index in [9.17, 15) is 24.0 Å². The maximum atomic E-state index is 12.1. The molecule has 178 valence electrons. The molecular weight excluding hydrogens is 509 g/mol. The number of hydrogen-bond donors (Lipinski definition) is 4. The van der Waals surface area contributed by atoms with Gasteiger partial charge in [-0.2, -0.15) is 14.9 Å². The summed E-state index contributed by atoms with van der Waals surface area (Å²) in [6.07, 6.45) is 0.0537. The van der Waals surface area contributed by atoms with Crippen molar-refractivity contribution in [1.29, 1.82) is 0 Å². The number of aromatic carboxylic acids is 1. The summed E-state index contributed by atoms with van der Waals surface area (Å²) in [7, 11) is 0. The largest absolute Gasteiger partial charge is 0.476 e. The lowest BCUT2D eigenvalue weighted by Gasteiger charge is -2.12. The number of ether oxygens (including phenoxy) is 1. The van der Waals surface area contributed by atoms with E-state index in [1.54, 1.807) is 0 Å². The van der Waals surface area contributed by atoms with Crippen LogP contribution in [-0.2, 0) is 6.42 Å². The molecule has 14 nitrogen and oxygen atoms in total. The molecule has 0 unspecified atom stereocenters. The van der Waals surface area contributed by atoms with Crippen molar-refractivity contribution in [2.45, 2.75) is 6.42 Å². The van der Waals surface area contributed by atoms with Crippen LogP contribution in [0.3, 0.4) is 0 Å². The smallest absolute Gasteiger partial charge is 0.362 e. The van der Waals surface area contributed by atoms with Gasteiger partial charge in [-0.15, -0.1) is 5.10 Å². The summed E-state index contributed by atoms with van der Waals surface area (Å²) in [5.41, 5.74) is -3.47. The number of carboxylic acid groups (broad SMARTS) is 1. The van der Waals surface area contributed by atoms with Crippen LogP contribution in [0.15, 0.2) is 49.5 Å². The van der Waals surface area contributed by atoms with Gasteiger partial charge in [-0.3, -0.25) is 19.4 Å². The number of rotatable bonds is 6. The highest BCUT2D eigenvalue weighted by atomic mass is 35.5. The molecule has 0 bridgehead atoms. The minimum absolute atomic E-state index is 0.0537. The fraction of sp³-hybridized carbons (Fsp3) is 0.0526. The zero-order valence-corrected chi connectivity index (χ0v) is 18.5. The zero-order valence-electron chi connectivity index (χ0n) is 17.0. The van der Waals surface area contributed by atoms with Gasteiger partial charge in [0.1, 0.15) is 0 Å². The first-order valence-corrected chi connectivity index (χ1v) is 10.2. The van der Waals surface area contributed by atoms with Crippen molar-refractivity contribution in [3.63, 3.8) is 0 Å². The molecule has 4 rings (SSSR count). The Morgan fingerprint density at radius 1 is 1.00 bits per heavy atom. The highest BCUT2D eigenvalue weighted by molar-refractivity contribution is 6.37. The van der Waals surface area contributed by atoms with Gasteiger partial charge in [-0.1, -0.05) is 23.2 Å². The van der Waals surface area contributed by atoms with Crippen LogP contribution in [-0.4, -0.2) is 46.2 Å². The van der Waals surface area contributed by atoms with Crippen molar-refractivity contribution in [2.24, 2.45) is 0 Å². The maximum Gasteiger partial charge on any atom is 0.362 e. The molecule has 0 aliphatic rings. The highest BCUT2D eigenvalue weighted by Crippen LogP contribution is 2.37. The Balaban J connectivity index is 1.67. The average molecular weight is 520 g/mol. The first-order valence-electron chi connectivity index (χ1n) is 9.40. The van der Waals surface area contributed by atoms with E-state index < -0.39 is 34.0 Å². The number of aromatic nitrogens is 7. The number of aromatic amines is 3. The molecule has 0 radical (unpaired) electrons. The van der Waals surface area contributed by atoms with Gasteiger partial charge in [0.15, 0.2) is 5.75 Å². The topological polar surface area (TPSA) is 206 Å². The van der Waals surface area contributed by atoms with Crippen LogP contribution >= 0.6 is 23.2 Å². The molecule has 0 aliphatic heterocycles. The van der Waals surface area contributed by atoms with Crippen LogP contribution in [0.1, 0.15) is 21.7 Å². The van der Waals surface area contributed by atoms with Gasteiger partial charge >= 0.3 is 11.7 Å². The number of carboxylic acids is 1. The monoisotopic (exact) mass is 519 g/mol. The molecule has 0 amide bonds. The predicted molar refractivity (Wildman–Crippen MR) is 120 cm³/mol. The molecule has 0 saturated carbocycles. The van der Waals surface area contributed by atoms with Gasteiger partial charge < -0.3 is 9.84 Å². The van der Waals surface area contributed by atoms with Crippen molar-refractivity contribution >= 4 is 29.2 Å². The maximum absolute atomic E-state index is 12.1. The summed E-state index contributed by atoms with van der Waals surface area (Å²) in [6, 6.07) is 6.42. The summed E-state index contributed by atoms with van der Waals surface area (Å²) in [5, 5.41) is 24.5. The number of carbonyl (C=O) groups is 1. The van der Waals surface area contributed by atoms with Crippen molar-refractivity contribution < 1.29 is 14.6 Å². The van der Waals surface area contributed by atoms with Gasteiger partial charge in [-0.25, -0.2) is 19.8 Å². The lowest BCUT2D eigenvalue weighted by Crippen LogP contribution is -2.35. The minimum Gasteiger partial charge on any atom is -0.476 e. The Kier molecular flexibility index (Phi) is 6.31. The van der Waals surface area contributed by atoms with Crippen LogP contribution in [0.4, 0.5) is 0 Å². The van der Waals surface area contributed by atoms with E-state index in [2.05, 4.69) is 25.5 Å². The Morgan fingerprint density at radius 2 is 1.71 bits per heavy atom. The number of nitrogens with one attached hydrogen (secondary N) is 3. The molecule has 0 fully saturated rings. The minimum atomic E-state index is -1.64. The number of halogens is 2. The van der Waals surface area contributed by atoms with Crippen molar-refractivity contribution in [1.82, 2.24) is 35.2 Å². The molecular formula is C19H11Cl2N7O7. The molecule has 1 aromatic carbocycles. The standard InChI is InChI=1S/C19H11Cl2N7O7/c20-10-5-9(28-19(34)22-17(31)14(27-28)18(32)33)6-11(21)15(10)35-13-4-7(16(30)26-25-13)3-8-1-2-12(29)24-23-8/h1-2,4-6H,3H2,(H,24,29)(H,26,30)(H,32,33)(H,22,31,34). The normalized spacial score (nSPS) is 10.8. The zero-order chi connectivity index (χ0) is 25.3. The molecule has 35 heavy (non-hydrogen) atoms. The quantitative estimate of drug-likeness (QED) is 0.277. The Bertz CT molecular complexity index is 1660. The van der Waals surface area contributed by atoms with E-state index in [1.807, 2.05) is 4.98 Å². The van der Waals surface area contributed by atoms with Crippen LogP contribution in [0, 0.1) is 0 Å². The van der Waals surface area contributed by atoms with Gasteiger partial charge in [0, 0.05) is 24.1 Å². The number of nitrogens with zero attached hydrogens (tertiary/aromatic N) is 4. The second kappa shape index (κ2) is 9.36. The molecule has 4 N–H and O–H groups in total. The van der Waals surface area contributed by atoms with Crippen LogP contribution < -0.4 is 27.1 Å². The highest BCUT2D eigenvalue weighted by Gasteiger charge is 2.18. The fourth-order valence-corrected chi connectivity index (χ4v) is 3.41. The summed E-state index contributed by atoms with van der Waals surface area (Å²) < 4.78 is 6.21. The summed E-state index contributed by atoms with van der Waals surface area (Å²) in [4.78, 5) is 60.0. The second-order valence-corrected chi connectivity index (χ2v) is 7.63. The number of benzene rings is 1. The first-order chi connectivity index (χ1) is 16.6. The molecule has 16 heteroatoms. The fourth-order valence-electron chi connectivity index (χ4n) is 2.86. The average Bonchev–Trinajstić information content (AvgIpc) is 2.79. The lowest BCUT2D eigenvalue weighted by molar-refractivity contribution is 0.0685. The number of hydrogen-bond acceptors (Lipinski definition) is 9. The summed E-state index contributed by atoms with van der Waals surface area (Å²) in [5.74, 6) is -1.83. The third-order valence-electron chi connectivity index (χ3n) is 4.43. The van der Waals surface area contributed by atoms with E-state index in [0.29, 0.717) is 10.4 Å². The predicted octanol–water partition coefficient (Wildman–Crippen LogP) is 0.475. The van der Waals surface area contributed by atoms with Gasteiger partial charge in [0.25, 0.3) is 16.7 Å². The first kappa shape index (κ1) is 23.6. The van der Waals surface area contributed by atoms with E-state index in [4.69, 9.17) is 33.0 Å². The lowest BCUT2D eigenvalue weighted by atomic mass is 10.1. The Morgan fingerprint density at radius 3 is 2.34 bits per heavy atom. The van der Waals surface area contributed by atoms with Crippen molar-refractivity contribution in [3.8, 4) is 17.3 Å². The molecule has 4 aromatic rings. The summed E-state index contributed by atoms with van der Waals surface area (Å²) >= 11 is 12.5. The third kappa shape index (κ3) is 5.02. The van der Waals surface area contributed by atoms with E-state index in [1.165, 1.54) is 30.3 Å². The SMILES string of the molecule is O=C(O)c1nn(-c2cc(Cl)c(Oc3cc(Cc4ccc(=O)[nH]n4)c(=O)[nH]n3)c(Cl)c2)c(=O)[nH]c1=O. The molecule has 0 spiro atoms. The van der Waals surface area contributed by atoms with Crippen molar-refractivity contribution in [3.05, 3.63) is 98.9 Å². The van der Waals surface area contributed by atoms with Crippen LogP contribution in [0.2, 0.25) is 10.0 Å². The van der Waals surface area contributed by atoms with E-state index in [0.717, 1.165) is 0 Å². The molecule has 3 aromatic heterocycles. The van der Waals surface area contributed by atoms with Gasteiger partial charge in [0.2, 0.25) is 11.6 Å². The molecule has 0 saturated heterocycles. The van der Waals surface area contributed by atoms with E-state index in [-0.39, 0.29) is 39.3 Å². The number of H-pyrrole nitrogens is 3. The second-order valence-electron chi connectivity index (χ2n) is 6.82. The Hall–Kier alpha value is -4.56. The Labute approximate surface area is 201 Å². The summed E-state index contributed by atoms with van der Waals surface area (Å²) in [6.45, 7) is 0. The van der Waals surface area contributed by atoms with Crippen molar-refractivity contribution in [2.75, 3.05) is 0 Å².